The predicted octanol–water partition coefficient (Wildman–Crippen LogP) is 13.3. The minimum Gasteiger partial charge on any atom is -0.456 e. The monoisotopic (exact) mass is 620 g/mol. The van der Waals surface area contributed by atoms with E-state index in [1.807, 2.05) is 97.1 Å². The van der Waals surface area contributed by atoms with Crippen LogP contribution in [0.15, 0.2) is 179 Å². The van der Waals surface area contributed by atoms with Gasteiger partial charge in [-0.25, -0.2) is 0 Å². The molecule has 0 N–H and O–H groups in total. The molecule has 10 aromatic rings. The zero-order chi connectivity index (χ0) is 38.6. The molecule has 0 amide bonds. The Hall–Kier alpha value is -6.38. The molecule has 224 valence electrons. The average Bonchev–Trinajstić information content (AvgIpc) is 3.85. The SMILES string of the molecule is [2H]c1c([2H])c([2H])c2c(-c3ccc(-c4cccc5oc6c7cc(-c8ccccc8)oc7ccc6c45)cc3)c3c([2H])c([2H])c([2H])c([2H])c3c(-c3ccccc3)c2c1[2H]. The lowest BCUT2D eigenvalue weighted by molar-refractivity contribution is 0.631. The van der Waals surface area contributed by atoms with Gasteiger partial charge in [0.05, 0.1) is 16.4 Å². The molecule has 2 aromatic heterocycles. The summed E-state index contributed by atoms with van der Waals surface area (Å²) in [4.78, 5) is 0. The summed E-state index contributed by atoms with van der Waals surface area (Å²) in [5.41, 5.74) is 6.63. The molecule has 10 rings (SSSR count). The van der Waals surface area contributed by atoms with E-state index in [-0.39, 0.29) is 45.7 Å². The fourth-order valence-corrected chi connectivity index (χ4v) is 7.01. The molecule has 0 saturated carbocycles. The Balaban J connectivity index is 1.23. The molecule has 2 heteroatoms. The molecule has 0 aliphatic heterocycles. The maximum atomic E-state index is 9.20. The Morgan fingerprint density at radius 3 is 1.58 bits per heavy atom. The lowest BCUT2D eigenvalue weighted by atomic mass is 9.85. The summed E-state index contributed by atoms with van der Waals surface area (Å²) in [6.45, 7) is 0. The van der Waals surface area contributed by atoms with Crippen LogP contribution in [-0.2, 0) is 0 Å². The van der Waals surface area contributed by atoms with Crippen molar-refractivity contribution in [3.8, 4) is 44.7 Å². The fourth-order valence-electron chi connectivity index (χ4n) is 7.01. The standard InChI is InChI=1S/C46H28O2/c1-3-12-30(13-4-1)42-28-39-40(47-42)27-26-38-45-33(20-11-21-41(45)48-46(38)39)29-22-24-32(25-23-29)44-36-18-9-7-16-34(36)43(31-14-5-2-6-15-31)35-17-8-10-19-37(35)44/h1-28H/i7D,8D,9D,10D,16D,17D,18D,19D. The van der Waals surface area contributed by atoms with E-state index in [1.165, 1.54) is 0 Å². The Labute approximate surface area is 288 Å². The van der Waals surface area contributed by atoms with Crippen molar-refractivity contribution in [2.75, 3.05) is 0 Å². The van der Waals surface area contributed by atoms with Gasteiger partial charge in [-0.05, 0) is 79.2 Å². The second-order valence-corrected chi connectivity index (χ2v) is 11.8. The summed E-state index contributed by atoms with van der Waals surface area (Å²) in [5.74, 6) is 0.746. The third kappa shape index (κ3) is 4.06. The van der Waals surface area contributed by atoms with Crippen LogP contribution in [0.1, 0.15) is 11.0 Å². The van der Waals surface area contributed by atoms with Gasteiger partial charge in [-0.2, -0.15) is 0 Å². The molecule has 2 heterocycles. The second kappa shape index (κ2) is 10.6. The van der Waals surface area contributed by atoms with Crippen molar-refractivity contribution < 1.29 is 19.8 Å². The van der Waals surface area contributed by atoms with Crippen molar-refractivity contribution in [1.82, 2.24) is 0 Å². The van der Waals surface area contributed by atoms with Crippen molar-refractivity contribution in [2.45, 2.75) is 0 Å². The number of hydrogen-bond donors (Lipinski definition) is 0. The number of benzene rings is 8. The Bertz CT molecular complexity index is 3180. The highest BCUT2D eigenvalue weighted by atomic mass is 16.3. The predicted molar refractivity (Wildman–Crippen MR) is 200 cm³/mol. The smallest absolute Gasteiger partial charge is 0.146 e. The summed E-state index contributed by atoms with van der Waals surface area (Å²) in [5, 5.41) is 3.46. The van der Waals surface area contributed by atoms with Gasteiger partial charge >= 0.3 is 0 Å². The summed E-state index contributed by atoms with van der Waals surface area (Å²) >= 11 is 0. The Morgan fingerprint density at radius 2 is 0.958 bits per heavy atom. The highest BCUT2D eigenvalue weighted by Gasteiger charge is 2.19. The topological polar surface area (TPSA) is 26.3 Å². The zero-order valence-electron chi connectivity index (χ0n) is 33.4. The molecule has 48 heavy (non-hydrogen) atoms. The quantitative estimate of drug-likeness (QED) is 0.183. The van der Waals surface area contributed by atoms with Gasteiger partial charge in [-0.1, -0.05) is 145 Å². The minimum absolute atomic E-state index is 0.182. The molecule has 0 atom stereocenters. The first kappa shape index (κ1) is 20.0. The summed E-state index contributed by atoms with van der Waals surface area (Å²) in [7, 11) is 0. The van der Waals surface area contributed by atoms with Gasteiger partial charge in [0, 0.05) is 16.3 Å². The lowest BCUT2D eigenvalue weighted by Crippen LogP contribution is -1.90. The van der Waals surface area contributed by atoms with E-state index in [9.17, 15) is 2.74 Å². The van der Waals surface area contributed by atoms with E-state index < -0.39 is 24.2 Å². The van der Waals surface area contributed by atoms with Crippen molar-refractivity contribution >= 4 is 54.5 Å². The van der Waals surface area contributed by atoms with E-state index >= 15 is 0 Å². The van der Waals surface area contributed by atoms with Crippen LogP contribution in [0.3, 0.4) is 0 Å². The molecule has 0 aliphatic carbocycles. The number of rotatable bonds is 4. The molecule has 2 nitrogen and oxygen atoms in total. The van der Waals surface area contributed by atoms with Gasteiger partial charge in [0.1, 0.15) is 22.5 Å². The summed E-state index contributed by atoms with van der Waals surface area (Å²) in [6, 6.07) is 35.4. The van der Waals surface area contributed by atoms with E-state index in [0.717, 1.165) is 44.2 Å². The van der Waals surface area contributed by atoms with E-state index in [2.05, 4.69) is 0 Å². The number of furan rings is 2. The maximum absolute atomic E-state index is 9.20. The molecule has 0 unspecified atom stereocenters. The summed E-state index contributed by atoms with van der Waals surface area (Å²) < 4.78 is 84.1. The molecule has 8 aromatic carbocycles. The fraction of sp³-hybridized carbons (Fsp3) is 0. The molecular weight excluding hydrogens is 585 g/mol. The van der Waals surface area contributed by atoms with Crippen LogP contribution < -0.4 is 0 Å². The first-order chi connectivity index (χ1) is 27.1. The first-order valence-electron chi connectivity index (χ1n) is 19.7. The molecule has 0 fully saturated rings. The van der Waals surface area contributed by atoms with Crippen LogP contribution in [0.2, 0.25) is 0 Å². The maximum Gasteiger partial charge on any atom is 0.146 e. The molecule has 0 radical (unpaired) electrons. The number of fused-ring (bicyclic) bond motifs is 7. The zero-order valence-corrected chi connectivity index (χ0v) is 25.4. The number of hydrogen-bond acceptors (Lipinski definition) is 2. The molecule has 0 spiro atoms. The van der Waals surface area contributed by atoms with Gasteiger partial charge in [-0.15, -0.1) is 0 Å². The molecule has 0 bridgehead atoms. The Morgan fingerprint density at radius 1 is 0.396 bits per heavy atom. The van der Waals surface area contributed by atoms with E-state index in [1.54, 1.807) is 24.3 Å². The van der Waals surface area contributed by atoms with Crippen LogP contribution in [0, 0.1) is 0 Å². The second-order valence-electron chi connectivity index (χ2n) is 11.8. The van der Waals surface area contributed by atoms with Crippen molar-refractivity contribution in [3.63, 3.8) is 0 Å². The van der Waals surface area contributed by atoms with Crippen molar-refractivity contribution in [2.24, 2.45) is 0 Å². The largest absolute Gasteiger partial charge is 0.456 e. The van der Waals surface area contributed by atoms with Gasteiger partial charge in [0.25, 0.3) is 0 Å². The first-order valence-corrected chi connectivity index (χ1v) is 15.7. The van der Waals surface area contributed by atoms with Crippen LogP contribution in [0.4, 0.5) is 0 Å². The van der Waals surface area contributed by atoms with Crippen molar-refractivity contribution in [1.29, 1.82) is 0 Å². The highest BCUT2D eigenvalue weighted by molar-refractivity contribution is 6.22. The molecule has 0 aliphatic rings. The molecule has 0 saturated heterocycles. The summed E-state index contributed by atoms with van der Waals surface area (Å²) in [6.07, 6.45) is 0. The van der Waals surface area contributed by atoms with Crippen LogP contribution in [0.25, 0.3) is 99.2 Å². The average molecular weight is 621 g/mol. The van der Waals surface area contributed by atoms with Crippen LogP contribution in [-0.4, -0.2) is 0 Å². The third-order valence-corrected chi connectivity index (χ3v) is 9.14. The van der Waals surface area contributed by atoms with Crippen molar-refractivity contribution in [3.05, 3.63) is 170 Å². The van der Waals surface area contributed by atoms with Crippen LogP contribution >= 0.6 is 0 Å². The van der Waals surface area contributed by atoms with Gasteiger partial charge in [0.2, 0.25) is 0 Å². The van der Waals surface area contributed by atoms with E-state index in [0.29, 0.717) is 33.4 Å². The normalized spacial score (nSPS) is 14.1. The Kier molecular flexibility index (Phi) is 4.41. The minimum atomic E-state index is -0.430. The lowest BCUT2D eigenvalue weighted by Gasteiger charge is -2.18. The van der Waals surface area contributed by atoms with Gasteiger partial charge < -0.3 is 8.83 Å². The van der Waals surface area contributed by atoms with E-state index in [4.69, 9.17) is 17.1 Å². The third-order valence-electron chi connectivity index (χ3n) is 9.14. The van der Waals surface area contributed by atoms with Gasteiger partial charge in [0.15, 0.2) is 0 Å². The molecular formula is C46H28O2. The van der Waals surface area contributed by atoms with Gasteiger partial charge in [-0.3, -0.25) is 0 Å². The highest BCUT2D eigenvalue weighted by Crippen LogP contribution is 2.45. The van der Waals surface area contributed by atoms with Crippen LogP contribution in [0.5, 0.6) is 0 Å².